The first-order valence-electron chi connectivity index (χ1n) is 11.2. The van der Waals surface area contributed by atoms with Crippen molar-refractivity contribution >= 4 is 17.3 Å². The molecular formula is C25H33N3O2. The van der Waals surface area contributed by atoms with E-state index in [1.165, 1.54) is 43.4 Å². The van der Waals surface area contributed by atoms with Crippen LogP contribution in [0.3, 0.4) is 0 Å². The van der Waals surface area contributed by atoms with Crippen molar-refractivity contribution in [1.82, 2.24) is 4.90 Å². The van der Waals surface area contributed by atoms with E-state index in [1.54, 1.807) is 0 Å². The lowest BCUT2D eigenvalue weighted by Gasteiger charge is -2.34. The van der Waals surface area contributed by atoms with E-state index in [1.807, 2.05) is 24.3 Å². The summed E-state index contributed by atoms with van der Waals surface area (Å²) in [6.45, 7) is 4.25. The van der Waals surface area contributed by atoms with Gasteiger partial charge >= 0.3 is 0 Å². The summed E-state index contributed by atoms with van der Waals surface area (Å²) in [5, 5.41) is 2.92. The first kappa shape index (κ1) is 20.7. The van der Waals surface area contributed by atoms with E-state index >= 15 is 0 Å². The topological polar surface area (TPSA) is 44.8 Å². The maximum Gasteiger partial charge on any atom is 0.262 e. The van der Waals surface area contributed by atoms with Gasteiger partial charge in [-0.15, -0.1) is 0 Å². The number of piperazine rings is 1. The van der Waals surface area contributed by atoms with Crippen molar-refractivity contribution < 1.29 is 9.53 Å². The van der Waals surface area contributed by atoms with Crippen LogP contribution >= 0.6 is 0 Å². The van der Waals surface area contributed by atoms with Crippen LogP contribution in [-0.4, -0.2) is 50.6 Å². The maximum absolute atomic E-state index is 12.3. The van der Waals surface area contributed by atoms with Gasteiger partial charge in [0, 0.05) is 37.6 Å². The molecule has 1 aliphatic carbocycles. The summed E-state index contributed by atoms with van der Waals surface area (Å²) in [4.78, 5) is 17.0. The van der Waals surface area contributed by atoms with Crippen LogP contribution in [0.1, 0.15) is 43.6 Å². The number of carbonyl (C=O) groups is 1. The third-order valence-corrected chi connectivity index (χ3v) is 6.35. The Morgan fingerprint density at radius 3 is 2.27 bits per heavy atom. The van der Waals surface area contributed by atoms with Gasteiger partial charge < -0.3 is 19.9 Å². The van der Waals surface area contributed by atoms with Gasteiger partial charge in [-0.25, -0.2) is 0 Å². The predicted octanol–water partition coefficient (Wildman–Crippen LogP) is 4.50. The van der Waals surface area contributed by atoms with Crippen LogP contribution in [0.2, 0.25) is 0 Å². The van der Waals surface area contributed by atoms with E-state index in [4.69, 9.17) is 4.74 Å². The Balaban J connectivity index is 1.23. The van der Waals surface area contributed by atoms with Crippen LogP contribution in [0.5, 0.6) is 5.75 Å². The molecule has 1 amide bonds. The van der Waals surface area contributed by atoms with E-state index in [9.17, 15) is 4.79 Å². The molecule has 160 valence electrons. The van der Waals surface area contributed by atoms with Gasteiger partial charge in [-0.2, -0.15) is 0 Å². The molecule has 1 N–H and O–H groups in total. The molecule has 30 heavy (non-hydrogen) atoms. The Bertz CT molecular complexity index is 805. The van der Waals surface area contributed by atoms with Crippen LogP contribution in [0, 0.1) is 0 Å². The highest BCUT2D eigenvalue weighted by Crippen LogP contribution is 2.33. The lowest BCUT2D eigenvalue weighted by atomic mass is 9.84. The van der Waals surface area contributed by atoms with Crippen LogP contribution < -0.4 is 15.0 Å². The number of benzene rings is 2. The number of likely N-dealkylation sites (N-methyl/N-ethyl adjacent to an activating group) is 1. The van der Waals surface area contributed by atoms with Gasteiger partial charge in [-0.05, 0) is 67.8 Å². The molecule has 5 nitrogen and oxygen atoms in total. The lowest BCUT2D eigenvalue weighted by Crippen LogP contribution is -2.44. The highest BCUT2D eigenvalue weighted by atomic mass is 16.5. The second-order valence-corrected chi connectivity index (χ2v) is 8.58. The Hall–Kier alpha value is -2.53. The van der Waals surface area contributed by atoms with Crippen LogP contribution in [-0.2, 0) is 4.79 Å². The van der Waals surface area contributed by atoms with Gasteiger partial charge in [0.25, 0.3) is 5.91 Å². The number of ether oxygens (including phenoxy) is 1. The number of carbonyl (C=O) groups excluding carboxylic acids is 1. The van der Waals surface area contributed by atoms with E-state index in [2.05, 4.69) is 46.4 Å². The lowest BCUT2D eigenvalue weighted by molar-refractivity contribution is -0.118. The quantitative estimate of drug-likeness (QED) is 0.766. The molecule has 2 fully saturated rings. The van der Waals surface area contributed by atoms with Gasteiger partial charge in [0.05, 0.1) is 0 Å². The number of nitrogens with zero attached hydrogens (tertiary/aromatic N) is 2. The van der Waals surface area contributed by atoms with Crippen molar-refractivity contribution in [3.8, 4) is 5.75 Å². The predicted molar refractivity (Wildman–Crippen MR) is 123 cm³/mol. The molecular weight excluding hydrogens is 374 g/mol. The molecule has 0 bridgehead atoms. The van der Waals surface area contributed by atoms with E-state index < -0.39 is 0 Å². The van der Waals surface area contributed by atoms with Crippen molar-refractivity contribution in [2.24, 2.45) is 0 Å². The summed E-state index contributed by atoms with van der Waals surface area (Å²) in [5.74, 6) is 1.29. The molecule has 1 heterocycles. The number of hydrogen-bond acceptors (Lipinski definition) is 4. The molecule has 0 radical (unpaired) electrons. The van der Waals surface area contributed by atoms with Gasteiger partial charge in [-0.1, -0.05) is 31.4 Å². The molecule has 2 aliphatic rings. The van der Waals surface area contributed by atoms with Gasteiger partial charge in [0.2, 0.25) is 0 Å². The van der Waals surface area contributed by atoms with E-state index in [0.717, 1.165) is 37.6 Å². The normalized spacial score (nSPS) is 18.2. The Morgan fingerprint density at radius 1 is 0.933 bits per heavy atom. The summed E-state index contributed by atoms with van der Waals surface area (Å²) < 4.78 is 5.69. The Morgan fingerprint density at radius 2 is 1.60 bits per heavy atom. The van der Waals surface area contributed by atoms with Gasteiger partial charge in [0.15, 0.2) is 6.61 Å². The van der Waals surface area contributed by atoms with Crippen molar-refractivity contribution in [2.45, 2.75) is 38.0 Å². The molecule has 0 unspecified atom stereocenters. The monoisotopic (exact) mass is 407 g/mol. The molecule has 2 aromatic rings. The summed E-state index contributed by atoms with van der Waals surface area (Å²) in [6, 6.07) is 16.4. The fourth-order valence-corrected chi connectivity index (χ4v) is 4.44. The fraction of sp³-hybridized carbons (Fsp3) is 0.480. The van der Waals surface area contributed by atoms with Crippen LogP contribution in [0.4, 0.5) is 11.4 Å². The zero-order chi connectivity index (χ0) is 20.8. The minimum Gasteiger partial charge on any atom is -0.484 e. The standard InChI is InChI=1S/C25H33N3O2/c1-27-15-17-28(18-16-27)23-11-9-22(10-12-23)26-25(29)19-30-24-13-7-21(8-14-24)20-5-3-2-4-6-20/h7-14,20H,2-6,15-19H2,1H3,(H,26,29). The Kier molecular flexibility index (Phi) is 6.90. The number of nitrogens with one attached hydrogen (secondary N) is 1. The second kappa shape index (κ2) is 9.98. The molecule has 4 rings (SSSR count). The molecule has 0 aromatic heterocycles. The minimum absolute atomic E-state index is 0.0169. The first-order valence-corrected chi connectivity index (χ1v) is 11.2. The van der Waals surface area contributed by atoms with Crippen LogP contribution in [0.25, 0.3) is 0 Å². The smallest absolute Gasteiger partial charge is 0.262 e. The minimum atomic E-state index is -0.140. The number of amides is 1. The largest absolute Gasteiger partial charge is 0.484 e. The fourth-order valence-electron chi connectivity index (χ4n) is 4.44. The number of hydrogen-bond donors (Lipinski definition) is 1. The molecule has 1 saturated heterocycles. The van der Waals surface area contributed by atoms with Gasteiger partial charge in [-0.3, -0.25) is 4.79 Å². The Labute approximate surface area is 180 Å². The third-order valence-electron chi connectivity index (χ3n) is 6.35. The van der Waals surface area contributed by atoms with Crippen molar-refractivity contribution in [3.05, 3.63) is 54.1 Å². The van der Waals surface area contributed by atoms with Gasteiger partial charge in [0.1, 0.15) is 5.75 Å². The summed E-state index contributed by atoms with van der Waals surface area (Å²) in [7, 11) is 2.16. The van der Waals surface area contributed by atoms with E-state index in [-0.39, 0.29) is 12.5 Å². The van der Waals surface area contributed by atoms with Crippen LogP contribution in [0.15, 0.2) is 48.5 Å². The molecule has 1 saturated carbocycles. The second-order valence-electron chi connectivity index (χ2n) is 8.58. The average molecular weight is 408 g/mol. The number of rotatable bonds is 6. The molecule has 0 atom stereocenters. The maximum atomic E-state index is 12.3. The highest BCUT2D eigenvalue weighted by Gasteiger charge is 2.16. The SMILES string of the molecule is CN1CCN(c2ccc(NC(=O)COc3ccc(C4CCCCC4)cc3)cc2)CC1. The van der Waals surface area contributed by atoms with E-state index in [0.29, 0.717) is 5.92 Å². The molecule has 0 spiro atoms. The third kappa shape index (κ3) is 5.54. The molecule has 2 aromatic carbocycles. The zero-order valence-corrected chi connectivity index (χ0v) is 18.0. The summed E-state index contributed by atoms with van der Waals surface area (Å²) in [5.41, 5.74) is 3.40. The summed E-state index contributed by atoms with van der Waals surface area (Å²) in [6.07, 6.45) is 6.61. The van der Waals surface area contributed by atoms with Crippen molar-refractivity contribution in [2.75, 3.05) is 50.1 Å². The highest BCUT2D eigenvalue weighted by molar-refractivity contribution is 5.92. The van der Waals surface area contributed by atoms with Crippen molar-refractivity contribution in [1.29, 1.82) is 0 Å². The average Bonchev–Trinajstić information content (AvgIpc) is 2.80. The first-order chi connectivity index (χ1) is 14.7. The number of anilines is 2. The summed E-state index contributed by atoms with van der Waals surface area (Å²) >= 11 is 0. The van der Waals surface area contributed by atoms with Crippen molar-refractivity contribution in [3.63, 3.8) is 0 Å². The molecule has 1 aliphatic heterocycles. The molecule has 5 heteroatoms. The zero-order valence-electron chi connectivity index (χ0n) is 18.0.